The molecule has 1 aromatic heterocycles. The van der Waals surface area contributed by atoms with Crippen LogP contribution in [0.15, 0.2) is 41.8 Å². The van der Waals surface area contributed by atoms with E-state index < -0.39 is 6.03 Å². The molecule has 2 aromatic carbocycles. The summed E-state index contributed by atoms with van der Waals surface area (Å²) in [6.45, 7) is 5.97. The number of rotatable bonds is 5. The Bertz CT molecular complexity index is 1020. The summed E-state index contributed by atoms with van der Waals surface area (Å²) < 4.78 is 0. The number of nitrogens with one attached hydrogen (secondary N) is 3. The Balaban J connectivity index is 1.56. The summed E-state index contributed by atoms with van der Waals surface area (Å²) in [4.78, 5) is 28.8. The molecule has 0 aliphatic carbocycles. The van der Waals surface area contributed by atoms with Crippen molar-refractivity contribution in [2.75, 3.05) is 16.0 Å². The van der Waals surface area contributed by atoms with Crippen LogP contribution in [0.4, 0.5) is 21.3 Å². The Morgan fingerprint density at radius 1 is 1.00 bits per heavy atom. The number of hydrogen-bond acceptors (Lipinski definition) is 4. The van der Waals surface area contributed by atoms with Gasteiger partial charge in [0.2, 0.25) is 5.91 Å². The maximum Gasteiger partial charge on any atom is 0.325 e. The molecule has 150 valence electrons. The third-order valence-electron chi connectivity index (χ3n) is 4.16. The number of carbonyl (C=O) groups excluding carboxylic acids is 2. The highest BCUT2D eigenvalue weighted by molar-refractivity contribution is 7.14. The van der Waals surface area contributed by atoms with Crippen molar-refractivity contribution in [3.63, 3.8) is 0 Å². The van der Waals surface area contributed by atoms with E-state index in [4.69, 9.17) is 11.6 Å². The number of amides is 3. The summed E-state index contributed by atoms with van der Waals surface area (Å²) in [5.74, 6) is -0.150. The van der Waals surface area contributed by atoms with Crippen molar-refractivity contribution in [1.29, 1.82) is 0 Å². The molecule has 1 heterocycles. The zero-order valence-electron chi connectivity index (χ0n) is 16.3. The van der Waals surface area contributed by atoms with Crippen molar-refractivity contribution < 1.29 is 9.59 Å². The summed E-state index contributed by atoms with van der Waals surface area (Å²) in [5, 5.41) is 11.1. The van der Waals surface area contributed by atoms with Gasteiger partial charge < -0.3 is 10.6 Å². The molecule has 0 aliphatic heterocycles. The maximum atomic E-state index is 12.4. The third-order valence-corrected chi connectivity index (χ3v) is 5.22. The van der Waals surface area contributed by atoms with Crippen LogP contribution < -0.4 is 16.0 Å². The molecular formula is C21H21ClN4O2S. The van der Waals surface area contributed by atoms with E-state index in [1.165, 1.54) is 11.3 Å². The minimum atomic E-state index is -0.413. The largest absolute Gasteiger partial charge is 0.325 e. The van der Waals surface area contributed by atoms with Gasteiger partial charge in [0.25, 0.3) is 0 Å². The summed E-state index contributed by atoms with van der Waals surface area (Å²) in [6, 6.07) is 10.4. The third kappa shape index (κ3) is 5.79. The normalized spacial score (nSPS) is 10.5. The van der Waals surface area contributed by atoms with Crippen LogP contribution in [-0.4, -0.2) is 16.9 Å². The van der Waals surface area contributed by atoms with E-state index in [2.05, 4.69) is 20.9 Å². The van der Waals surface area contributed by atoms with Gasteiger partial charge in [-0.05, 0) is 56.2 Å². The van der Waals surface area contributed by atoms with Crippen LogP contribution in [0.25, 0.3) is 0 Å². The van der Waals surface area contributed by atoms with Gasteiger partial charge in [-0.25, -0.2) is 9.78 Å². The highest BCUT2D eigenvalue weighted by Crippen LogP contribution is 2.23. The molecule has 3 rings (SSSR count). The first kappa shape index (κ1) is 20.8. The minimum Gasteiger partial charge on any atom is -0.325 e. The zero-order chi connectivity index (χ0) is 21.0. The predicted molar refractivity (Wildman–Crippen MR) is 119 cm³/mol. The second kappa shape index (κ2) is 9.07. The lowest BCUT2D eigenvalue weighted by Gasteiger charge is -2.12. The summed E-state index contributed by atoms with van der Waals surface area (Å²) in [6.07, 6.45) is 0.129. The Morgan fingerprint density at radius 2 is 1.66 bits per heavy atom. The van der Waals surface area contributed by atoms with Crippen molar-refractivity contribution in [3.8, 4) is 0 Å². The Kier molecular flexibility index (Phi) is 6.51. The number of carbonyl (C=O) groups is 2. The lowest BCUT2D eigenvalue weighted by Crippen LogP contribution is -2.19. The Hall–Kier alpha value is -2.90. The number of halogens is 1. The van der Waals surface area contributed by atoms with Crippen molar-refractivity contribution >= 4 is 51.4 Å². The number of anilines is 3. The molecule has 0 spiro atoms. The van der Waals surface area contributed by atoms with E-state index in [-0.39, 0.29) is 12.3 Å². The lowest BCUT2D eigenvalue weighted by molar-refractivity contribution is -0.115. The van der Waals surface area contributed by atoms with Crippen LogP contribution in [0.5, 0.6) is 0 Å². The van der Waals surface area contributed by atoms with Crippen molar-refractivity contribution in [3.05, 3.63) is 69.2 Å². The topological polar surface area (TPSA) is 83.1 Å². The van der Waals surface area contributed by atoms with Gasteiger partial charge in [0, 0.05) is 21.8 Å². The first-order chi connectivity index (χ1) is 13.8. The van der Waals surface area contributed by atoms with Crippen LogP contribution >= 0.6 is 22.9 Å². The van der Waals surface area contributed by atoms with Gasteiger partial charge >= 0.3 is 6.03 Å². The van der Waals surface area contributed by atoms with E-state index in [0.29, 0.717) is 21.5 Å². The van der Waals surface area contributed by atoms with E-state index in [1.54, 1.807) is 29.6 Å². The molecule has 3 aromatic rings. The van der Waals surface area contributed by atoms with Crippen molar-refractivity contribution in [2.24, 2.45) is 0 Å². The van der Waals surface area contributed by atoms with Gasteiger partial charge in [0.05, 0.1) is 12.1 Å². The number of benzene rings is 2. The smallest absolute Gasteiger partial charge is 0.325 e. The summed E-state index contributed by atoms with van der Waals surface area (Å²) >= 11 is 7.09. The van der Waals surface area contributed by atoms with Crippen molar-refractivity contribution in [2.45, 2.75) is 27.2 Å². The molecule has 6 nitrogen and oxygen atoms in total. The first-order valence-corrected chi connectivity index (χ1v) is 10.2. The molecule has 0 radical (unpaired) electrons. The monoisotopic (exact) mass is 428 g/mol. The Labute approximate surface area is 178 Å². The fraction of sp³-hybridized carbons (Fsp3) is 0.190. The highest BCUT2D eigenvalue weighted by Gasteiger charge is 2.12. The minimum absolute atomic E-state index is 0.129. The Morgan fingerprint density at radius 3 is 2.31 bits per heavy atom. The molecule has 0 unspecified atom stereocenters. The molecule has 8 heteroatoms. The first-order valence-electron chi connectivity index (χ1n) is 8.96. The van der Waals surface area contributed by atoms with Gasteiger partial charge in [-0.15, -0.1) is 11.3 Å². The van der Waals surface area contributed by atoms with E-state index in [0.717, 1.165) is 22.4 Å². The number of thiazole rings is 1. The predicted octanol–water partition coefficient (Wildman–Crippen LogP) is 5.55. The molecule has 0 atom stereocenters. The quantitative estimate of drug-likeness (QED) is 0.498. The second-order valence-corrected chi connectivity index (χ2v) is 8.02. The molecule has 0 aliphatic rings. The molecule has 3 amide bonds. The maximum absolute atomic E-state index is 12.4. The number of nitrogens with zero attached hydrogens (tertiary/aromatic N) is 1. The van der Waals surface area contributed by atoms with Crippen LogP contribution in [0.3, 0.4) is 0 Å². The van der Waals surface area contributed by atoms with Gasteiger partial charge in [-0.3, -0.25) is 10.1 Å². The van der Waals surface area contributed by atoms with Crippen LogP contribution in [-0.2, 0) is 11.2 Å². The fourth-order valence-corrected chi connectivity index (χ4v) is 3.79. The van der Waals surface area contributed by atoms with E-state index in [9.17, 15) is 9.59 Å². The summed E-state index contributed by atoms with van der Waals surface area (Å²) in [5.41, 5.74) is 5.25. The van der Waals surface area contributed by atoms with Crippen LogP contribution in [0.1, 0.15) is 22.4 Å². The van der Waals surface area contributed by atoms with Gasteiger partial charge in [-0.2, -0.15) is 0 Å². The standard InChI is InChI=1S/C21H21ClN4O2S/c1-12-8-13(2)19(14(3)9-12)25-18(27)10-17-11-29-21(24-17)26-20(28)23-16-6-4-15(22)5-7-16/h4-9,11H,10H2,1-3H3,(H,25,27)(H2,23,24,26,28). The van der Waals surface area contributed by atoms with Crippen LogP contribution in [0.2, 0.25) is 5.02 Å². The van der Waals surface area contributed by atoms with Crippen molar-refractivity contribution in [1.82, 2.24) is 4.98 Å². The lowest BCUT2D eigenvalue weighted by atomic mass is 10.0. The molecule has 0 bridgehead atoms. The molecule has 0 saturated heterocycles. The molecular weight excluding hydrogens is 408 g/mol. The number of aromatic nitrogens is 1. The zero-order valence-corrected chi connectivity index (χ0v) is 17.9. The molecule has 0 saturated carbocycles. The van der Waals surface area contributed by atoms with E-state index in [1.807, 2.05) is 32.9 Å². The average molecular weight is 429 g/mol. The van der Waals surface area contributed by atoms with Gasteiger partial charge in [-0.1, -0.05) is 29.3 Å². The number of urea groups is 1. The average Bonchev–Trinajstić information content (AvgIpc) is 3.06. The van der Waals surface area contributed by atoms with Gasteiger partial charge in [0.1, 0.15) is 0 Å². The number of hydrogen-bond donors (Lipinski definition) is 3. The molecule has 29 heavy (non-hydrogen) atoms. The van der Waals surface area contributed by atoms with Crippen LogP contribution in [0, 0.1) is 20.8 Å². The fourth-order valence-electron chi connectivity index (χ4n) is 2.96. The van der Waals surface area contributed by atoms with E-state index >= 15 is 0 Å². The second-order valence-electron chi connectivity index (χ2n) is 6.73. The summed E-state index contributed by atoms with van der Waals surface area (Å²) in [7, 11) is 0. The molecule has 3 N–H and O–H groups in total. The van der Waals surface area contributed by atoms with Gasteiger partial charge in [0.15, 0.2) is 5.13 Å². The molecule has 0 fully saturated rings. The number of aryl methyl sites for hydroxylation is 3. The SMILES string of the molecule is Cc1cc(C)c(NC(=O)Cc2csc(NC(=O)Nc3ccc(Cl)cc3)n2)c(C)c1. The highest BCUT2D eigenvalue weighted by atomic mass is 35.5.